The highest BCUT2D eigenvalue weighted by Crippen LogP contribution is 2.34. The third-order valence-electron chi connectivity index (χ3n) is 5.35. The van der Waals surface area contributed by atoms with Crippen LogP contribution in [0, 0.1) is 0 Å². The van der Waals surface area contributed by atoms with Gasteiger partial charge in [-0.3, -0.25) is 0 Å². The minimum atomic E-state index is -3.92. The van der Waals surface area contributed by atoms with Gasteiger partial charge in [0.05, 0.1) is 15.6 Å². The van der Waals surface area contributed by atoms with Crippen molar-refractivity contribution in [3.8, 4) is 0 Å². The van der Waals surface area contributed by atoms with Gasteiger partial charge < -0.3 is 14.8 Å². The maximum absolute atomic E-state index is 12.9. The second-order valence-corrected chi connectivity index (χ2v) is 9.84. The molecule has 0 aliphatic carbocycles. The topological polar surface area (TPSA) is 76.7 Å². The number of anilines is 1. The summed E-state index contributed by atoms with van der Waals surface area (Å²) in [6, 6.07) is 12.0. The highest BCUT2D eigenvalue weighted by atomic mass is 35.5. The Hall–Kier alpha value is -1.35. The van der Waals surface area contributed by atoms with Crippen LogP contribution >= 0.6 is 23.2 Å². The molecule has 3 rings (SSSR count). The van der Waals surface area contributed by atoms with Crippen molar-refractivity contribution >= 4 is 38.9 Å². The normalized spacial score (nSPS) is 17.5. The van der Waals surface area contributed by atoms with Crippen LogP contribution in [-0.4, -0.2) is 40.9 Å². The molecule has 9 heteroatoms. The molecule has 0 bridgehead atoms. The van der Waals surface area contributed by atoms with Gasteiger partial charge in [0.25, 0.3) is 0 Å². The molecule has 164 valence electrons. The molecule has 1 fully saturated rings. The lowest BCUT2D eigenvalue weighted by atomic mass is 9.94. The van der Waals surface area contributed by atoms with Crippen LogP contribution in [0.15, 0.2) is 47.4 Å². The van der Waals surface area contributed by atoms with Crippen molar-refractivity contribution in [2.75, 3.05) is 32.2 Å². The molecule has 0 unspecified atom stereocenters. The van der Waals surface area contributed by atoms with Crippen LogP contribution in [0.1, 0.15) is 31.4 Å². The Labute approximate surface area is 187 Å². The van der Waals surface area contributed by atoms with E-state index in [1.54, 1.807) is 26.2 Å². The quantitative estimate of drug-likeness (QED) is 0.584. The van der Waals surface area contributed by atoms with Crippen LogP contribution in [0.2, 0.25) is 10.0 Å². The van der Waals surface area contributed by atoms with Crippen LogP contribution in [0.25, 0.3) is 0 Å². The average molecular weight is 473 g/mol. The molecular formula is C21H26Cl2N2O4S. The molecule has 2 aromatic carbocycles. The Morgan fingerprint density at radius 1 is 1.13 bits per heavy atom. The first kappa shape index (κ1) is 23.3. The van der Waals surface area contributed by atoms with E-state index in [0.29, 0.717) is 25.4 Å². The molecule has 30 heavy (non-hydrogen) atoms. The van der Waals surface area contributed by atoms with E-state index in [0.717, 1.165) is 18.4 Å². The van der Waals surface area contributed by atoms with Gasteiger partial charge >= 0.3 is 0 Å². The van der Waals surface area contributed by atoms with E-state index in [4.69, 9.17) is 32.7 Å². The summed E-state index contributed by atoms with van der Waals surface area (Å²) in [6.45, 7) is 3.58. The minimum Gasteiger partial charge on any atom is -0.382 e. The molecule has 0 amide bonds. The standard InChI is InChI=1S/C21H26Cl2N2O4S/c1-15(16-6-4-3-5-7-16)25-30(26,27)20-18(22)12-17(13-19(20)23)24-14-21(28-2)8-10-29-11-9-21/h3-7,12-13,15,24-25H,8-11,14H2,1-2H3/t15-/m1/s1. The summed E-state index contributed by atoms with van der Waals surface area (Å²) in [5, 5.41) is 3.37. The van der Waals surface area contributed by atoms with E-state index in [1.807, 2.05) is 30.3 Å². The second kappa shape index (κ2) is 9.85. The maximum Gasteiger partial charge on any atom is 0.244 e. The molecule has 1 aliphatic heterocycles. The Morgan fingerprint density at radius 2 is 1.73 bits per heavy atom. The first-order valence-corrected chi connectivity index (χ1v) is 11.9. The largest absolute Gasteiger partial charge is 0.382 e. The van der Waals surface area contributed by atoms with Crippen LogP contribution < -0.4 is 10.0 Å². The van der Waals surface area contributed by atoms with Crippen molar-refractivity contribution in [3.63, 3.8) is 0 Å². The molecule has 1 atom stereocenters. The van der Waals surface area contributed by atoms with E-state index in [-0.39, 0.29) is 20.5 Å². The van der Waals surface area contributed by atoms with Gasteiger partial charge in [0, 0.05) is 51.4 Å². The first-order chi connectivity index (χ1) is 14.3. The van der Waals surface area contributed by atoms with Crippen molar-refractivity contribution in [1.82, 2.24) is 4.72 Å². The zero-order valence-electron chi connectivity index (χ0n) is 17.0. The van der Waals surface area contributed by atoms with E-state index in [1.165, 1.54) is 0 Å². The smallest absolute Gasteiger partial charge is 0.244 e. The molecule has 1 heterocycles. The molecule has 1 aliphatic rings. The first-order valence-electron chi connectivity index (χ1n) is 9.69. The van der Waals surface area contributed by atoms with Gasteiger partial charge in [-0.1, -0.05) is 53.5 Å². The monoisotopic (exact) mass is 472 g/mol. The number of halogens is 2. The Kier molecular flexibility index (Phi) is 7.66. The third-order valence-corrected chi connectivity index (χ3v) is 7.81. The average Bonchev–Trinajstić information content (AvgIpc) is 2.72. The van der Waals surface area contributed by atoms with Gasteiger partial charge in [-0.05, 0) is 24.6 Å². The lowest BCUT2D eigenvalue weighted by Crippen LogP contribution is -2.44. The highest BCUT2D eigenvalue weighted by molar-refractivity contribution is 7.89. The molecule has 6 nitrogen and oxygen atoms in total. The van der Waals surface area contributed by atoms with Crippen LogP contribution in [0.4, 0.5) is 5.69 Å². The molecule has 0 saturated carbocycles. The van der Waals surface area contributed by atoms with Crippen LogP contribution in [-0.2, 0) is 19.5 Å². The molecule has 0 spiro atoms. The van der Waals surface area contributed by atoms with E-state index in [2.05, 4.69) is 10.0 Å². The number of rotatable bonds is 8. The molecule has 2 aromatic rings. The lowest BCUT2D eigenvalue weighted by Gasteiger charge is -2.36. The van der Waals surface area contributed by atoms with E-state index < -0.39 is 16.1 Å². The number of sulfonamides is 1. The summed E-state index contributed by atoms with van der Waals surface area (Å²) < 4.78 is 39.6. The predicted octanol–water partition coefficient (Wildman–Crippen LogP) is 4.64. The molecular weight excluding hydrogens is 447 g/mol. The van der Waals surface area contributed by atoms with Gasteiger partial charge in [-0.15, -0.1) is 0 Å². The van der Waals surface area contributed by atoms with Gasteiger partial charge in [-0.2, -0.15) is 0 Å². The van der Waals surface area contributed by atoms with E-state index >= 15 is 0 Å². The summed E-state index contributed by atoms with van der Waals surface area (Å²) in [4.78, 5) is -0.133. The number of hydrogen-bond acceptors (Lipinski definition) is 5. The van der Waals surface area contributed by atoms with Crippen molar-refractivity contribution in [2.45, 2.75) is 36.3 Å². The third kappa shape index (κ3) is 5.46. The number of hydrogen-bond donors (Lipinski definition) is 2. The summed E-state index contributed by atoms with van der Waals surface area (Å²) in [7, 11) is -2.24. The highest BCUT2D eigenvalue weighted by Gasteiger charge is 2.32. The fraction of sp³-hybridized carbons (Fsp3) is 0.429. The van der Waals surface area contributed by atoms with Crippen LogP contribution in [0.3, 0.4) is 0 Å². The van der Waals surface area contributed by atoms with Gasteiger partial charge in [0.15, 0.2) is 0 Å². The van der Waals surface area contributed by atoms with E-state index in [9.17, 15) is 8.42 Å². The second-order valence-electron chi connectivity index (χ2n) is 7.38. The zero-order valence-corrected chi connectivity index (χ0v) is 19.3. The number of benzene rings is 2. The van der Waals surface area contributed by atoms with Gasteiger partial charge in [0.2, 0.25) is 10.0 Å². The zero-order chi connectivity index (χ0) is 21.8. The van der Waals surface area contributed by atoms with Crippen molar-refractivity contribution in [1.29, 1.82) is 0 Å². The molecule has 0 radical (unpaired) electrons. The number of methoxy groups -OCH3 is 1. The SMILES string of the molecule is COC1(CNc2cc(Cl)c(S(=O)(=O)N[C@H](C)c3ccccc3)c(Cl)c2)CCOCC1. The minimum absolute atomic E-state index is 0.0520. The number of ether oxygens (including phenoxy) is 2. The molecule has 1 saturated heterocycles. The van der Waals surface area contributed by atoms with Crippen LogP contribution in [0.5, 0.6) is 0 Å². The molecule has 0 aromatic heterocycles. The van der Waals surface area contributed by atoms with Crippen molar-refractivity contribution in [2.24, 2.45) is 0 Å². The summed E-state index contributed by atoms with van der Waals surface area (Å²) in [5.74, 6) is 0. The predicted molar refractivity (Wildman–Crippen MR) is 120 cm³/mol. The van der Waals surface area contributed by atoms with Crippen molar-refractivity contribution < 1.29 is 17.9 Å². The van der Waals surface area contributed by atoms with Crippen molar-refractivity contribution in [3.05, 3.63) is 58.1 Å². The fourth-order valence-electron chi connectivity index (χ4n) is 3.48. The Morgan fingerprint density at radius 3 is 2.30 bits per heavy atom. The maximum atomic E-state index is 12.9. The molecule has 2 N–H and O–H groups in total. The summed E-state index contributed by atoms with van der Waals surface area (Å²) >= 11 is 12.7. The lowest BCUT2D eigenvalue weighted by molar-refractivity contribution is -0.0807. The van der Waals surface area contributed by atoms with Gasteiger partial charge in [-0.25, -0.2) is 13.1 Å². The summed E-state index contributed by atoms with van der Waals surface area (Å²) in [6.07, 6.45) is 1.54. The number of nitrogens with one attached hydrogen (secondary N) is 2. The fourth-order valence-corrected chi connectivity index (χ4v) is 5.93. The summed E-state index contributed by atoms with van der Waals surface area (Å²) in [5.41, 5.74) is 1.13. The Balaban J connectivity index is 1.76. The Bertz CT molecular complexity index is 941. The van der Waals surface area contributed by atoms with Gasteiger partial charge in [0.1, 0.15) is 4.90 Å².